The van der Waals surface area contributed by atoms with Gasteiger partial charge in [-0.25, -0.2) is 4.39 Å². The number of benzene rings is 2. The molecule has 0 aliphatic carbocycles. The van der Waals surface area contributed by atoms with Gasteiger partial charge in [0.25, 0.3) is 0 Å². The summed E-state index contributed by atoms with van der Waals surface area (Å²) in [7, 11) is 0. The van der Waals surface area contributed by atoms with Crippen LogP contribution in [0.1, 0.15) is 17.2 Å². The zero-order valence-electron chi connectivity index (χ0n) is 10.4. The number of aliphatic hydroxyl groups is 1. The third-order valence-electron chi connectivity index (χ3n) is 3.27. The van der Waals surface area contributed by atoms with Gasteiger partial charge < -0.3 is 5.11 Å². The van der Waals surface area contributed by atoms with Gasteiger partial charge in [-0.3, -0.25) is 4.98 Å². The highest BCUT2D eigenvalue weighted by atomic mass is 35.5. The number of nitrogens with zero attached hydrogens (tertiary/aromatic N) is 1. The predicted molar refractivity (Wildman–Crippen MR) is 77.2 cm³/mol. The average molecular weight is 288 g/mol. The SMILES string of the molecule is OC(c1ccc(Cl)cc1F)c1cccc2ccncc12. The van der Waals surface area contributed by atoms with Gasteiger partial charge in [0, 0.05) is 28.4 Å². The van der Waals surface area contributed by atoms with E-state index in [0.29, 0.717) is 10.6 Å². The van der Waals surface area contributed by atoms with Crippen LogP contribution in [-0.4, -0.2) is 10.1 Å². The van der Waals surface area contributed by atoms with Crippen molar-refractivity contribution in [2.75, 3.05) is 0 Å². The lowest BCUT2D eigenvalue weighted by molar-refractivity contribution is 0.216. The predicted octanol–water partition coefficient (Wildman–Crippen LogP) is 4.11. The zero-order valence-corrected chi connectivity index (χ0v) is 11.2. The van der Waals surface area contributed by atoms with Crippen LogP contribution in [0, 0.1) is 5.82 Å². The molecule has 0 saturated carbocycles. The van der Waals surface area contributed by atoms with E-state index >= 15 is 0 Å². The Balaban J connectivity index is 2.15. The Hall–Kier alpha value is -1.97. The largest absolute Gasteiger partial charge is 0.384 e. The van der Waals surface area contributed by atoms with Gasteiger partial charge in [0.1, 0.15) is 11.9 Å². The topological polar surface area (TPSA) is 33.1 Å². The molecule has 1 N–H and O–H groups in total. The minimum atomic E-state index is -1.06. The van der Waals surface area contributed by atoms with Crippen LogP contribution in [0.4, 0.5) is 4.39 Å². The van der Waals surface area contributed by atoms with Gasteiger partial charge >= 0.3 is 0 Å². The molecule has 3 rings (SSSR count). The highest BCUT2D eigenvalue weighted by molar-refractivity contribution is 6.30. The molecule has 0 aliphatic rings. The average Bonchev–Trinajstić information content (AvgIpc) is 2.46. The molecular formula is C16H11ClFNO. The molecule has 2 nitrogen and oxygen atoms in total. The molecule has 1 atom stereocenters. The van der Waals surface area contributed by atoms with E-state index in [1.54, 1.807) is 24.5 Å². The van der Waals surface area contributed by atoms with E-state index in [1.807, 2.05) is 18.2 Å². The summed E-state index contributed by atoms with van der Waals surface area (Å²) < 4.78 is 13.9. The lowest BCUT2D eigenvalue weighted by Gasteiger charge is -2.15. The Morgan fingerprint density at radius 1 is 1.10 bits per heavy atom. The Morgan fingerprint density at radius 3 is 2.75 bits per heavy atom. The van der Waals surface area contributed by atoms with Crippen LogP contribution >= 0.6 is 11.6 Å². The first-order valence-corrected chi connectivity index (χ1v) is 6.50. The molecule has 2 aromatic carbocycles. The van der Waals surface area contributed by atoms with E-state index in [4.69, 9.17) is 11.6 Å². The molecule has 1 unspecified atom stereocenters. The molecule has 0 bridgehead atoms. The number of rotatable bonds is 2. The van der Waals surface area contributed by atoms with E-state index in [9.17, 15) is 9.50 Å². The molecule has 0 amide bonds. The van der Waals surface area contributed by atoms with Crippen LogP contribution in [0.5, 0.6) is 0 Å². The molecule has 0 spiro atoms. The maximum Gasteiger partial charge on any atom is 0.130 e. The monoisotopic (exact) mass is 287 g/mol. The minimum absolute atomic E-state index is 0.200. The summed E-state index contributed by atoms with van der Waals surface area (Å²) in [6.45, 7) is 0. The molecule has 100 valence electrons. The number of aromatic nitrogens is 1. The van der Waals surface area contributed by atoms with Crippen molar-refractivity contribution in [3.63, 3.8) is 0 Å². The van der Waals surface area contributed by atoms with Crippen LogP contribution in [0.3, 0.4) is 0 Å². The number of fused-ring (bicyclic) bond motifs is 1. The highest BCUT2D eigenvalue weighted by Crippen LogP contribution is 2.30. The first-order valence-electron chi connectivity index (χ1n) is 6.12. The molecule has 0 fully saturated rings. The first kappa shape index (κ1) is 13.0. The van der Waals surface area contributed by atoms with Gasteiger partial charge in [-0.15, -0.1) is 0 Å². The summed E-state index contributed by atoms with van der Waals surface area (Å²) in [5.74, 6) is -0.522. The lowest BCUT2D eigenvalue weighted by atomic mass is 9.97. The third kappa shape index (κ3) is 2.26. The minimum Gasteiger partial charge on any atom is -0.384 e. The fourth-order valence-corrected chi connectivity index (χ4v) is 2.42. The van der Waals surface area contributed by atoms with Gasteiger partial charge in [0.2, 0.25) is 0 Å². The summed E-state index contributed by atoms with van der Waals surface area (Å²) in [4.78, 5) is 4.06. The maximum absolute atomic E-state index is 13.9. The molecule has 3 aromatic rings. The summed E-state index contributed by atoms with van der Waals surface area (Å²) in [5, 5.41) is 12.5. The number of hydrogen-bond donors (Lipinski definition) is 1. The summed E-state index contributed by atoms with van der Waals surface area (Å²) in [6, 6.07) is 11.6. The quantitative estimate of drug-likeness (QED) is 0.769. The van der Waals surface area contributed by atoms with E-state index < -0.39 is 11.9 Å². The molecule has 1 heterocycles. The first-order chi connectivity index (χ1) is 9.66. The smallest absolute Gasteiger partial charge is 0.130 e. The van der Waals surface area contributed by atoms with Crippen molar-refractivity contribution in [1.29, 1.82) is 0 Å². The number of hydrogen-bond acceptors (Lipinski definition) is 2. The van der Waals surface area contributed by atoms with Crippen molar-refractivity contribution < 1.29 is 9.50 Å². The molecule has 0 saturated heterocycles. The van der Waals surface area contributed by atoms with Crippen molar-refractivity contribution in [1.82, 2.24) is 4.98 Å². The molecule has 4 heteroatoms. The summed E-state index contributed by atoms with van der Waals surface area (Å²) in [6.07, 6.45) is 2.29. The van der Waals surface area contributed by atoms with Crippen LogP contribution in [0.15, 0.2) is 54.9 Å². The molecular weight excluding hydrogens is 277 g/mol. The van der Waals surface area contributed by atoms with Gasteiger partial charge in [0.15, 0.2) is 0 Å². The lowest BCUT2D eigenvalue weighted by Crippen LogP contribution is -2.03. The number of halogens is 2. The van der Waals surface area contributed by atoms with Crippen LogP contribution < -0.4 is 0 Å². The second-order valence-electron chi connectivity index (χ2n) is 4.51. The van der Waals surface area contributed by atoms with Gasteiger partial charge in [-0.05, 0) is 29.1 Å². The fourth-order valence-electron chi connectivity index (χ4n) is 2.27. The molecule has 1 aromatic heterocycles. The second-order valence-corrected chi connectivity index (χ2v) is 4.95. The van der Waals surface area contributed by atoms with Crippen molar-refractivity contribution in [2.24, 2.45) is 0 Å². The Morgan fingerprint density at radius 2 is 1.95 bits per heavy atom. The fraction of sp³-hybridized carbons (Fsp3) is 0.0625. The Labute approximate surface area is 120 Å². The zero-order chi connectivity index (χ0) is 14.1. The van der Waals surface area contributed by atoms with E-state index in [0.717, 1.165) is 10.8 Å². The maximum atomic E-state index is 13.9. The molecule has 0 radical (unpaired) electrons. The molecule has 0 aliphatic heterocycles. The normalized spacial score (nSPS) is 12.6. The van der Waals surface area contributed by atoms with Crippen molar-refractivity contribution in [3.8, 4) is 0 Å². The van der Waals surface area contributed by atoms with Crippen molar-refractivity contribution in [2.45, 2.75) is 6.10 Å². The van der Waals surface area contributed by atoms with Gasteiger partial charge in [-0.1, -0.05) is 35.9 Å². The van der Waals surface area contributed by atoms with Gasteiger partial charge in [-0.2, -0.15) is 0 Å². The Kier molecular flexibility index (Phi) is 3.38. The molecule has 20 heavy (non-hydrogen) atoms. The van der Waals surface area contributed by atoms with Crippen LogP contribution in [0.25, 0.3) is 10.8 Å². The van der Waals surface area contributed by atoms with E-state index in [2.05, 4.69) is 4.98 Å². The Bertz CT molecular complexity index is 770. The van der Waals surface area contributed by atoms with E-state index in [1.165, 1.54) is 12.1 Å². The number of aliphatic hydroxyl groups excluding tert-OH is 1. The third-order valence-corrected chi connectivity index (χ3v) is 3.50. The number of pyridine rings is 1. The highest BCUT2D eigenvalue weighted by Gasteiger charge is 2.17. The van der Waals surface area contributed by atoms with Crippen LogP contribution in [-0.2, 0) is 0 Å². The van der Waals surface area contributed by atoms with Crippen molar-refractivity contribution in [3.05, 3.63) is 76.8 Å². The van der Waals surface area contributed by atoms with E-state index in [-0.39, 0.29) is 5.56 Å². The summed E-state index contributed by atoms with van der Waals surface area (Å²) in [5.41, 5.74) is 0.822. The van der Waals surface area contributed by atoms with Crippen molar-refractivity contribution >= 4 is 22.4 Å². The second kappa shape index (κ2) is 5.19. The summed E-state index contributed by atoms with van der Waals surface area (Å²) >= 11 is 5.73. The van der Waals surface area contributed by atoms with Crippen LogP contribution in [0.2, 0.25) is 5.02 Å². The standard InChI is InChI=1S/C16H11ClFNO/c17-11-4-5-13(15(18)8-11)16(20)12-3-1-2-10-6-7-19-9-14(10)12/h1-9,16,20H. The van der Waals surface area contributed by atoms with Gasteiger partial charge in [0.05, 0.1) is 0 Å².